The van der Waals surface area contributed by atoms with E-state index in [1.807, 2.05) is 19.1 Å². The highest BCUT2D eigenvalue weighted by Crippen LogP contribution is 2.24. The van der Waals surface area contributed by atoms with Crippen LogP contribution in [0.1, 0.15) is 17.5 Å². The van der Waals surface area contributed by atoms with Crippen molar-refractivity contribution in [2.75, 3.05) is 16.8 Å². The smallest absolute Gasteiger partial charge is 0.319 e. The van der Waals surface area contributed by atoms with Crippen LogP contribution in [-0.4, -0.2) is 24.5 Å². The van der Waals surface area contributed by atoms with Crippen LogP contribution < -0.4 is 15.5 Å². The summed E-state index contributed by atoms with van der Waals surface area (Å²) < 4.78 is 13.4. The fourth-order valence-corrected chi connectivity index (χ4v) is 2.83. The Hall–Kier alpha value is -2.89. The summed E-state index contributed by atoms with van der Waals surface area (Å²) in [4.78, 5) is 26.2. The lowest BCUT2D eigenvalue weighted by atomic mass is 10.2. The Kier molecular flexibility index (Phi) is 4.70. The van der Waals surface area contributed by atoms with Gasteiger partial charge in [-0.15, -0.1) is 0 Å². The molecule has 1 heterocycles. The Morgan fingerprint density at radius 2 is 1.88 bits per heavy atom. The van der Waals surface area contributed by atoms with Gasteiger partial charge in [-0.05, 0) is 56.2 Å². The van der Waals surface area contributed by atoms with Crippen molar-refractivity contribution in [3.05, 3.63) is 59.4 Å². The number of carbonyl (C=O) groups excluding carboxylic acids is 2. The standard InChI is InChI=1S/C19H20FN3O2/c1-12-3-5-14(6-4-12)21-19(25)22-17-9-10-23(18(17)24)15-7-8-16(20)13(2)11-15/h3-8,11,17H,9-10H2,1-2H3,(H2,21,22,25). The fraction of sp³-hybridized carbons (Fsp3) is 0.263. The van der Waals surface area contributed by atoms with Gasteiger partial charge in [0.25, 0.3) is 0 Å². The van der Waals surface area contributed by atoms with Crippen molar-refractivity contribution in [1.29, 1.82) is 0 Å². The van der Waals surface area contributed by atoms with Crippen LogP contribution in [0.4, 0.5) is 20.6 Å². The molecule has 1 fully saturated rings. The van der Waals surface area contributed by atoms with Crippen molar-refractivity contribution in [3.8, 4) is 0 Å². The normalized spacial score (nSPS) is 16.8. The quantitative estimate of drug-likeness (QED) is 0.899. The lowest BCUT2D eigenvalue weighted by Gasteiger charge is -2.18. The Morgan fingerprint density at radius 1 is 1.16 bits per heavy atom. The third kappa shape index (κ3) is 3.79. The summed E-state index contributed by atoms with van der Waals surface area (Å²) in [7, 11) is 0. The molecule has 0 radical (unpaired) electrons. The minimum atomic E-state index is -0.587. The number of amides is 3. The molecular formula is C19H20FN3O2. The van der Waals surface area contributed by atoms with Gasteiger partial charge in [0.2, 0.25) is 5.91 Å². The number of hydrogen-bond acceptors (Lipinski definition) is 2. The third-order valence-corrected chi connectivity index (χ3v) is 4.27. The molecule has 1 atom stereocenters. The maximum absolute atomic E-state index is 13.4. The van der Waals surface area contributed by atoms with E-state index in [1.165, 1.54) is 6.07 Å². The molecule has 1 aliphatic rings. The summed E-state index contributed by atoms with van der Waals surface area (Å²) in [5, 5.41) is 5.42. The SMILES string of the molecule is Cc1ccc(NC(=O)NC2CCN(c3ccc(F)c(C)c3)C2=O)cc1. The number of halogens is 1. The zero-order valence-corrected chi connectivity index (χ0v) is 14.2. The van der Waals surface area contributed by atoms with Crippen LogP contribution >= 0.6 is 0 Å². The molecule has 25 heavy (non-hydrogen) atoms. The number of aryl methyl sites for hydroxylation is 2. The van der Waals surface area contributed by atoms with E-state index >= 15 is 0 Å². The Bertz CT molecular complexity index is 805. The summed E-state index contributed by atoms with van der Waals surface area (Å²) in [6.07, 6.45) is 0.510. The van der Waals surface area contributed by atoms with Crippen LogP contribution in [0.3, 0.4) is 0 Å². The van der Waals surface area contributed by atoms with Gasteiger partial charge in [0.1, 0.15) is 11.9 Å². The Morgan fingerprint density at radius 3 is 2.56 bits per heavy atom. The maximum Gasteiger partial charge on any atom is 0.319 e. The van der Waals surface area contributed by atoms with Crippen LogP contribution in [0, 0.1) is 19.7 Å². The van der Waals surface area contributed by atoms with E-state index in [2.05, 4.69) is 10.6 Å². The molecule has 3 amide bonds. The lowest BCUT2D eigenvalue weighted by Crippen LogP contribution is -2.43. The summed E-state index contributed by atoms with van der Waals surface area (Å²) in [5.41, 5.74) is 2.90. The second kappa shape index (κ2) is 6.93. The van der Waals surface area contributed by atoms with Crippen molar-refractivity contribution in [2.24, 2.45) is 0 Å². The van der Waals surface area contributed by atoms with E-state index in [9.17, 15) is 14.0 Å². The fourth-order valence-electron chi connectivity index (χ4n) is 2.83. The molecule has 1 saturated heterocycles. The van der Waals surface area contributed by atoms with E-state index in [-0.39, 0.29) is 11.7 Å². The van der Waals surface area contributed by atoms with Gasteiger partial charge in [0.15, 0.2) is 0 Å². The van der Waals surface area contributed by atoms with Crippen molar-refractivity contribution < 1.29 is 14.0 Å². The maximum atomic E-state index is 13.4. The molecule has 1 unspecified atom stereocenters. The average Bonchev–Trinajstić information content (AvgIpc) is 2.93. The average molecular weight is 341 g/mol. The van der Waals surface area contributed by atoms with Gasteiger partial charge >= 0.3 is 6.03 Å². The summed E-state index contributed by atoms with van der Waals surface area (Å²) in [5.74, 6) is -0.493. The first kappa shape index (κ1) is 17.0. The third-order valence-electron chi connectivity index (χ3n) is 4.27. The number of benzene rings is 2. The van der Waals surface area contributed by atoms with E-state index in [1.54, 1.807) is 36.1 Å². The van der Waals surface area contributed by atoms with Crippen molar-refractivity contribution in [3.63, 3.8) is 0 Å². The number of rotatable bonds is 3. The summed E-state index contributed by atoms with van der Waals surface area (Å²) in [6.45, 7) is 4.11. The summed E-state index contributed by atoms with van der Waals surface area (Å²) >= 11 is 0. The zero-order valence-electron chi connectivity index (χ0n) is 14.2. The van der Waals surface area contributed by atoms with Gasteiger partial charge in [0, 0.05) is 17.9 Å². The van der Waals surface area contributed by atoms with Crippen LogP contribution in [0.25, 0.3) is 0 Å². The molecule has 0 spiro atoms. The molecule has 6 heteroatoms. The van der Waals surface area contributed by atoms with Crippen LogP contribution in [-0.2, 0) is 4.79 Å². The molecule has 3 rings (SSSR count). The van der Waals surface area contributed by atoms with Crippen molar-refractivity contribution >= 4 is 23.3 Å². The second-order valence-corrected chi connectivity index (χ2v) is 6.23. The molecule has 0 bridgehead atoms. The van der Waals surface area contributed by atoms with E-state index in [4.69, 9.17) is 0 Å². The van der Waals surface area contributed by atoms with E-state index < -0.39 is 12.1 Å². The first-order chi connectivity index (χ1) is 11.9. The number of hydrogen-bond donors (Lipinski definition) is 2. The number of urea groups is 1. The van der Waals surface area contributed by atoms with Crippen LogP contribution in [0.5, 0.6) is 0 Å². The Balaban J connectivity index is 1.62. The molecule has 0 aliphatic carbocycles. The highest BCUT2D eigenvalue weighted by molar-refractivity contribution is 6.02. The van der Waals surface area contributed by atoms with Gasteiger partial charge in [-0.2, -0.15) is 0 Å². The lowest BCUT2D eigenvalue weighted by molar-refractivity contribution is -0.118. The monoisotopic (exact) mass is 341 g/mol. The van der Waals surface area contributed by atoms with Gasteiger partial charge < -0.3 is 15.5 Å². The molecule has 2 aromatic rings. The first-order valence-corrected chi connectivity index (χ1v) is 8.16. The number of nitrogens with zero attached hydrogens (tertiary/aromatic N) is 1. The molecule has 2 aromatic carbocycles. The molecule has 5 nitrogen and oxygen atoms in total. The molecule has 0 aromatic heterocycles. The van der Waals surface area contributed by atoms with Gasteiger partial charge in [0.05, 0.1) is 0 Å². The number of carbonyl (C=O) groups is 2. The molecular weight excluding hydrogens is 321 g/mol. The van der Waals surface area contributed by atoms with Gasteiger partial charge in [-0.1, -0.05) is 17.7 Å². The molecule has 2 N–H and O–H groups in total. The molecule has 0 saturated carbocycles. The zero-order chi connectivity index (χ0) is 18.0. The summed E-state index contributed by atoms with van der Waals surface area (Å²) in [6, 6.07) is 11.0. The number of nitrogens with one attached hydrogen (secondary N) is 2. The predicted molar refractivity (Wildman–Crippen MR) is 95.2 cm³/mol. The minimum Gasteiger partial charge on any atom is -0.326 e. The molecule has 130 valence electrons. The van der Waals surface area contributed by atoms with Crippen molar-refractivity contribution in [1.82, 2.24) is 5.32 Å². The highest BCUT2D eigenvalue weighted by atomic mass is 19.1. The van der Waals surface area contributed by atoms with Crippen molar-refractivity contribution in [2.45, 2.75) is 26.3 Å². The minimum absolute atomic E-state index is 0.190. The molecule has 1 aliphatic heterocycles. The Labute approximate surface area is 145 Å². The van der Waals surface area contributed by atoms with E-state index in [0.29, 0.717) is 29.9 Å². The van der Waals surface area contributed by atoms with Crippen LogP contribution in [0.2, 0.25) is 0 Å². The second-order valence-electron chi connectivity index (χ2n) is 6.23. The topological polar surface area (TPSA) is 61.4 Å². The largest absolute Gasteiger partial charge is 0.326 e. The number of anilines is 2. The van der Waals surface area contributed by atoms with Crippen LogP contribution in [0.15, 0.2) is 42.5 Å². The van der Waals surface area contributed by atoms with Gasteiger partial charge in [-0.25, -0.2) is 9.18 Å². The van der Waals surface area contributed by atoms with E-state index in [0.717, 1.165) is 5.56 Å². The van der Waals surface area contributed by atoms with Gasteiger partial charge in [-0.3, -0.25) is 4.79 Å². The first-order valence-electron chi connectivity index (χ1n) is 8.16. The highest BCUT2D eigenvalue weighted by Gasteiger charge is 2.33. The predicted octanol–water partition coefficient (Wildman–Crippen LogP) is 3.37.